The van der Waals surface area contributed by atoms with Crippen molar-refractivity contribution in [2.75, 3.05) is 6.54 Å². The molecule has 0 atom stereocenters. The molecule has 0 aromatic heterocycles. The lowest BCUT2D eigenvalue weighted by Gasteiger charge is -2.28. The van der Waals surface area contributed by atoms with Crippen molar-refractivity contribution in [2.24, 2.45) is 5.41 Å². The van der Waals surface area contributed by atoms with Crippen LogP contribution in [0.1, 0.15) is 48.0 Å². The summed E-state index contributed by atoms with van der Waals surface area (Å²) in [5.74, 6) is 0. The molecule has 0 radical (unpaired) electrons. The highest BCUT2D eigenvalue weighted by molar-refractivity contribution is 5.35. The molecule has 0 fully saturated rings. The summed E-state index contributed by atoms with van der Waals surface area (Å²) < 4.78 is 0. The highest BCUT2D eigenvalue weighted by atomic mass is 15.1. The zero-order valence-electron chi connectivity index (χ0n) is 19.1. The second kappa shape index (κ2) is 12.6. The van der Waals surface area contributed by atoms with Crippen LogP contribution in [0.15, 0.2) is 114 Å². The molecule has 1 aliphatic rings. The van der Waals surface area contributed by atoms with Crippen LogP contribution >= 0.6 is 0 Å². The monoisotopic (exact) mass is 387 g/mol. The van der Waals surface area contributed by atoms with Crippen LogP contribution in [0.3, 0.4) is 0 Å². The molecule has 29 heavy (non-hydrogen) atoms. The molecule has 0 amide bonds. The van der Waals surface area contributed by atoms with Gasteiger partial charge < -0.3 is 4.90 Å². The maximum Gasteiger partial charge on any atom is 0.0847 e. The third-order valence-corrected chi connectivity index (χ3v) is 4.92. The van der Waals surface area contributed by atoms with Crippen molar-refractivity contribution < 1.29 is 0 Å². The second-order valence-corrected chi connectivity index (χ2v) is 7.72. The van der Waals surface area contributed by atoms with Crippen molar-refractivity contribution in [3.63, 3.8) is 0 Å². The molecule has 0 N–H and O–H groups in total. The molecule has 0 spiro atoms. The number of hydrogen-bond donors (Lipinski definition) is 0. The van der Waals surface area contributed by atoms with E-state index in [1.54, 1.807) is 0 Å². The average Bonchev–Trinajstić information content (AvgIpc) is 2.98. The van der Waals surface area contributed by atoms with E-state index in [0.717, 1.165) is 24.4 Å². The van der Waals surface area contributed by atoms with E-state index in [9.17, 15) is 0 Å². The van der Waals surface area contributed by atoms with Gasteiger partial charge >= 0.3 is 0 Å². The van der Waals surface area contributed by atoms with Crippen LogP contribution in [0.4, 0.5) is 0 Å². The van der Waals surface area contributed by atoms with Gasteiger partial charge in [0.1, 0.15) is 0 Å². The maximum atomic E-state index is 3.92. The van der Waals surface area contributed by atoms with Crippen LogP contribution in [0, 0.1) is 5.41 Å². The normalized spacial score (nSPS) is 15.9. The van der Waals surface area contributed by atoms with Gasteiger partial charge in [0.15, 0.2) is 0 Å². The van der Waals surface area contributed by atoms with Gasteiger partial charge in [0.2, 0.25) is 0 Å². The van der Waals surface area contributed by atoms with Gasteiger partial charge in [-0.05, 0) is 63.3 Å². The Morgan fingerprint density at radius 3 is 2.48 bits per heavy atom. The molecule has 1 rings (SSSR count). The Labute approximate surface area is 178 Å². The Morgan fingerprint density at radius 1 is 1.10 bits per heavy atom. The first-order valence-corrected chi connectivity index (χ1v) is 10.4. The molecule has 0 aromatic carbocycles. The summed E-state index contributed by atoms with van der Waals surface area (Å²) in [5, 5.41) is 0. The predicted molar refractivity (Wildman–Crippen MR) is 130 cm³/mol. The first-order chi connectivity index (χ1) is 13.9. The maximum absolute atomic E-state index is 3.92. The van der Waals surface area contributed by atoms with E-state index >= 15 is 0 Å². The molecule has 154 valence electrons. The van der Waals surface area contributed by atoms with Gasteiger partial charge in [-0.1, -0.05) is 92.5 Å². The van der Waals surface area contributed by atoms with Gasteiger partial charge in [-0.3, -0.25) is 0 Å². The summed E-state index contributed by atoms with van der Waals surface area (Å²) in [6.45, 7) is 17.7. The summed E-state index contributed by atoms with van der Waals surface area (Å²) in [5.41, 5.74) is 8.30. The Hall–Kier alpha value is -2.76. The van der Waals surface area contributed by atoms with Crippen LogP contribution in [0.25, 0.3) is 0 Å². The predicted octanol–water partition coefficient (Wildman–Crippen LogP) is 7.98. The average molecular weight is 388 g/mol. The van der Waals surface area contributed by atoms with Gasteiger partial charge in [0.25, 0.3) is 0 Å². The third-order valence-electron chi connectivity index (χ3n) is 4.92. The summed E-state index contributed by atoms with van der Waals surface area (Å²) in [6, 6.07) is 0. The number of allylic oxidation sites excluding steroid dienone is 13. The largest absolute Gasteiger partial charge is 0.332 e. The first-order valence-electron chi connectivity index (χ1n) is 10.4. The number of hydrogen-bond acceptors (Lipinski definition) is 1. The molecule has 0 saturated heterocycles. The van der Waals surface area contributed by atoms with Gasteiger partial charge in [-0.25, -0.2) is 0 Å². The molecule has 0 aliphatic heterocycles. The van der Waals surface area contributed by atoms with Crippen molar-refractivity contribution in [3.05, 3.63) is 114 Å². The van der Waals surface area contributed by atoms with Crippen molar-refractivity contribution in [1.29, 1.82) is 0 Å². The van der Waals surface area contributed by atoms with Gasteiger partial charge in [-0.15, -0.1) is 0 Å². The lowest BCUT2D eigenvalue weighted by Crippen LogP contribution is -2.21. The lowest BCUT2D eigenvalue weighted by atomic mass is 9.78. The highest BCUT2D eigenvalue weighted by Gasteiger charge is 2.21. The summed E-state index contributed by atoms with van der Waals surface area (Å²) in [7, 11) is 0. The van der Waals surface area contributed by atoms with Crippen LogP contribution in [-0.4, -0.2) is 11.4 Å². The SMILES string of the molecule is C=C/C=C(\C=C/CN(C1=C=CC=CC=C1)C(/C=C\C)=C/C)C(C)(C)C/C(C)=C/C. The minimum absolute atomic E-state index is 0.0458. The van der Waals surface area contributed by atoms with Gasteiger partial charge in [0, 0.05) is 12.2 Å². The molecular formula is C28H37N. The molecule has 1 nitrogen and oxygen atoms in total. The summed E-state index contributed by atoms with van der Waals surface area (Å²) in [4.78, 5) is 2.27. The van der Waals surface area contributed by atoms with Crippen LogP contribution < -0.4 is 0 Å². The van der Waals surface area contributed by atoms with Crippen LogP contribution in [0.2, 0.25) is 0 Å². The third kappa shape index (κ3) is 8.02. The van der Waals surface area contributed by atoms with Gasteiger partial charge in [-0.2, -0.15) is 0 Å². The van der Waals surface area contributed by atoms with Gasteiger partial charge in [0.05, 0.1) is 5.70 Å². The topological polar surface area (TPSA) is 3.24 Å². The van der Waals surface area contributed by atoms with Crippen LogP contribution in [0.5, 0.6) is 0 Å². The smallest absolute Gasteiger partial charge is 0.0847 e. The summed E-state index contributed by atoms with van der Waals surface area (Å²) >= 11 is 0. The molecule has 0 aromatic rings. The minimum Gasteiger partial charge on any atom is -0.332 e. The number of nitrogens with zero attached hydrogens (tertiary/aromatic N) is 1. The van der Waals surface area contributed by atoms with E-state index in [-0.39, 0.29) is 5.41 Å². The molecule has 0 heterocycles. The van der Waals surface area contributed by atoms with Crippen molar-refractivity contribution in [3.8, 4) is 0 Å². The van der Waals surface area contributed by atoms with Crippen LogP contribution in [-0.2, 0) is 0 Å². The van der Waals surface area contributed by atoms with E-state index < -0.39 is 0 Å². The Morgan fingerprint density at radius 2 is 1.86 bits per heavy atom. The Bertz CT molecular complexity index is 826. The fourth-order valence-electron chi connectivity index (χ4n) is 3.29. The van der Waals surface area contributed by atoms with Crippen molar-refractivity contribution in [2.45, 2.75) is 48.0 Å². The molecule has 1 aliphatic carbocycles. The molecule has 0 bridgehead atoms. The quantitative estimate of drug-likeness (QED) is 0.208. The molecule has 0 saturated carbocycles. The van der Waals surface area contributed by atoms with E-state index in [1.165, 1.54) is 11.1 Å². The summed E-state index contributed by atoms with van der Waals surface area (Å²) in [6.07, 6.45) is 28.2. The van der Waals surface area contributed by atoms with Crippen molar-refractivity contribution >= 4 is 0 Å². The minimum atomic E-state index is 0.0458. The van der Waals surface area contributed by atoms with E-state index in [4.69, 9.17) is 0 Å². The van der Waals surface area contributed by atoms with E-state index in [1.807, 2.05) is 31.2 Å². The Balaban J connectivity index is 3.19. The first kappa shape index (κ1) is 24.3. The molecular weight excluding hydrogens is 350 g/mol. The fourth-order valence-corrected chi connectivity index (χ4v) is 3.29. The lowest BCUT2D eigenvalue weighted by molar-refractivity contribution is 0.451. The number of rotatable bonds is 10. The second-order valence-electron chi connectivity index (χ2n) is 7.72. The standard InChI is InChI=1S/C28H37N/c1-8-17-25(28(6,7)23-24(5)10-3)19-16-22-29(26(11-4)18-9-2)27-20-14-12-13-15-21-27/h8-20H,1,22-23H2,2-7H3/b18-9-,19-16-,24-10+,25-17+,26-11+. The molecule has 1 heteroatoms. The zero-order valence-corrected chi connectivity index (χ0v) is 19.1. The zero-order chi connectivity index (χ0) is 21.7. The fraction of sp³-hybridized carbons (Fsp3) is 0.321. The van der Waals surface area contributed by atoms with Crippen molar-refractivity contribution in [1.82, 2.24) is 4.90 Å². The van der Waals surface area contributed by atoms with E-state index in [2.05, 4.69) is 107 Å². The highest BCUT2D eigenvalue weighted by Crippen LogP contribution is 2.34. The Kier molecular flexibility index (Phi) is 10.6. The molecule has 0 unspecified atom stereocenters. The van der Waals surface area contributed by atoms with E-state index in [0.29, 0.717) is 0 Å².